The van der Waals surface area contributed by atoms with Gasteiger partial charge in [-0.3, -0.25) is 5.10 Å². The zero-order valence-corrected chi connectivity index (χ0v) is 10.5. The van der Waals surface area contributed by atoms with Crippen molar-refractivity contribution in [2.45, 2.75) is 0 Å². The molecule has 0 fully saturated rings. The van der Waals surface area contributed by atoms with Crippen molar-refractivity contribution in [2.24, 2.45) is 0 Å². The fourth-order valence-electron chi connectivity index (χ4n) is 1.31. The van der Waals surface area contributed by atoms with E-state index in [9.17, 15) is 9.18 Å². The lowest BCUT2D eigenvalue weighted by atomic mass is 10.1. The number of nitrogens with zero attached hydrogens (tertiary/aromatic N) is 1. The lowest BCUT2D eigenvalue weighted by molar-refractivity contribution is 0.0690. The van der Waals surface area contributed by atoms with Crippen LogP contribution in [-0.4, -0.2) is 21.3 Å². The minimum Gasteiger partial charge on any atom is -0.477 e. The van der Waals surface area contributed by atoms with Crippen molar-refractivity contribution in [1.82, 2.24) is 10.2 Å². The molecule has 2 N–H and O–H groups in total. The van der Waals surface area contributed by atoms with E-state index < -0.39 is 11.8 Å². The first-order valence-corrected chi connectivity index (χ1v) is 5.59. The van der Waals surface area contributed by atoms with Crippen LogP contribution in [0.25, 0.3) is 11.3 Å². The summed E-state index contributed by atoms with van der Waals surface area (Å²) in [5, 5.41) is 14.7. The minimum atomic E-state index is -1.14. The predicted molar refractivity (Wildman–Crippen MR) is 63.7 cm³/mol. The Hall–Kier alpha value is -1.40. The fourth-order valence-corrected chi connectivity index (χ4v) is 1.95. The smallest absolute Gasteiger partial charge is 0.353 e. The third-order valence-corrected chi connectivity index (χ3v) is 2.92. The van der Waals surface area contributed by atoms with Crippen LogP contribution < -0.4 is 0 Å². The summed E-state index contributed by atoms with van der Waals surface area (Å²) >= 11 is 8.92. The third kappa shape index (κ3) is 2.32. The van der Waals surface area contributed by atoms with E-state index in [0.717, 1.165) is 0 Å². The quantitative estimate of drug-likeness (QED) is 0.834. The zero-order chi connectivity index (χ0) is 12.6. The number of halogens is 3. The fraction of sp³-hybridized carbons (Fsp3) is 0. The van der Waals surface area contributed by atoms with Gasteiger partial charge < -0.3 is 5.11 Å². The van der Waals surface area contributed by atoms with Crippen LogP contribution in [-0.2, 0) is 0 Å². The summed E-state index contributed by atoms with van der Waals surface area (Å²) in [6, 6.07) is 4.07. The summed E-state index contributed by atoms with van der Waals surface area (Å²) in [6.45, 7) is 0. The Morgan fingerprint density at radius 1 is 1.47 bits per heavy atom. The first-order valence-electron chi connectivity index (χ1n) is 4.42. The molecule has 1 aromatic heterocycles. The second kappa shape index (κ2) is 4.46. The van der Waals surface area contributed by atoms with Gasteiger partial charge >= 0.3 is 5.97 Å². The molecule has 2 rings (SSSR count). The van der Waals surface area contributed by atoms with Gasteiger partial charge in [0.1, 0.15) is 11.5 Å². The van der Waals surface area contributed by atoms with Crippen LogP contribution in [0.5, 0.6) is 0 Å². The number of carboxylic acids is 1. The van der Waals surface area contributed by atoms with Gasteiger partial charge in [-0.1, -0.05) is 27.5 Å². The summed E-state index contributed by atoms with van der Waals surface area (Å²) in [6.07, 6.45) is 0. The summed E-state index contributed by atoms with van der Waals surface area (Å²) in [5.41, 5.74) is 0.506. The molecule has 7 heteroatoms. The molecule has 2 aromatic rings. The zero-order valence-electron chi connectivity index (χ0n) is 8.17. The third-order valence-electron chi connectivity index (χ3n) is 2.08. The predicted octanol–water partition coefficient (Wildman–Crippen LogP) is 3.33. The molecule has 4 nitrogen and oxygen atoms in total. The van der Waals surface area contributed by atoms with Crippen molar-refractivity contribution in [3.8, 4) is 11.3 Å². The molecular formula is C10H5BrClFN2O2. The maximum Gasteiger partial charge on any atom is 0.353 e. The molecule has 1 aromatic carbocycles. The van der Waals surface area contributed by atoms with Crippen molar-refractivity contribution < 1.29 is 14.3 Å². The maximum atomic E-state index is 13.4. The minimum absolute atomic E-state index is 0.0866. The molecule has 1 heterocycles. The first-order chi connectivity index (χ1) is 7.99. The van der Waals surface area contributed by atoms with Crippen LogP contribution >= 0.6 is 27.5 Å². The molecule has 0 atom stereocenters. The molecule has 17 heavy (non-hydrogen) atoms. The highest BCUT2D eigenvalue weighted by Crippen LogP contribution is 2.32. The highest BCUT2D eigenvalue weighted by Gasteiger charge is 2.15. The van der Waals surface area contributed by atoms with Gasteiger partial charge in [-0.15, -0.1) is 0 Å². The van der Waals surface area contributed by atoms with Gasteiger partial charge in [-0.2, -0.15) is 5.10 Å². The summed E-state index contributed by atoms with van der Waals surface area (Å²) < 4.78 is 13.9. The normalized spacial score (nSPS) is 10.5. The Labute approximate surface area is 109 Å². The molecule has 0 spiro atoms. The van der Waals surface area contributed by atoms with Gasteiger partial charge in [0.25, 0.3) is 0 Å². The van der Waals surface area contributed by atoms with Crippen molar-refractivity contribution >= 4 is 33.5 Å². The summed E-state index contributed by atoms with van der Waals surface area (Å²) in [7, 11) is 0. The number of carboxylic acid groups (broad SMARTS) is 1. The van der Waals surface area contributed by atoms with Gasteiger partial charge in [0.2, 0.25) is 0 Å². The average molecular weight is 320 g/mol. The van der Waals surface area contributed by atoms with E-state index in [4.69, 9.17) is 16.7 Å². The van der Waals surface area contributed by atoms with E-state index in [2.05, 4.69) is 26.1 Å². The number of aromatic carboxylic acids is 1. The molecule has 0 amide bonds. The maximum absolute atomic E-state index is 13.4. The van der Waals surface area contributed by atoms with Crippen LogP contribution in [0.1, 0.15) is 10.5 Å². The van der Waals surface area contributed by atoms with Crippen molar-refractivity contribution in [2.75, 3.05) is 0 Å². The van der Waals surface area contributed by atoms with E-state index in [0.29, 0.717) is 10.0 Å². The highest BCUT2D eigenvalue weighted by molar-refractivity contribution is 9.10. The number of rotatable bonds is 2. The van der Waals surface area contributed by atoms with Gasteiger partial charge in [0, 0.05) is 10.0 Å². The van der Waals surface area contributed by atoms with Crippen molar-refractivity contribution in [3.05, 3.63) is 39.2 Å². The number of H-pyrrole nitrogens is 1. The molecule has 0 radical (unpaired) electrons. The Morgan fingerprint density at radius 3 is 2.76 bits per heavy atom. The molecule has 0 saturated carbocycles. The Morgan fingerprint density at radius 2 is 2.18 bits per heavy atom. The molecule has 0 bridgehead atoms. The second-order valence-corrected chi connectivity index (χ2v) is 4.51. The standard InChI is InChI=1S/C10H5BrClFN2O2/c11-4-1-5(9(12)6(13)2-4)7-3-8(10(16)17)15-14-7/h1-3H,(H,14,15)(H,16,17). The Bertz CT molecular complexity index is 600. The molecule has 0 aliphatic heterocycles. The van der Waals surface area contributed by atoms with E-state index in [1.807, 2.05) is 0 Å². The summed E-state index contributed by atoms with van der Waals surface area (Å²) in [4.78, 5) is 10.7. The Kier molecular flexibility index (Phi) is 3.17. The van der Waals surface area contributed by atoms with E-state index in [1.165, 1.54) is 12.1 Å². The van der Waals surface area contributed by atoms with E-state index in [-0.39, 0.29) is 16.4 Å². The number of hydrogen-bond acceptors (Lipinski definition) is 2. The van der Waals surface area contributed by atoms with Crippen molar-refractivity contribution in [3.63, 3.8) is 0 Å². The van der Waals surface area contributed by atoms with Crippen LogP contribution in [0, 0.1) is 5.82 Å². The number of hydrogen-bond donors (Lipinski definition) is 2. The molecule has 0 unspecified atom stereocenters. The largest absolute Gasteiger partial charge is 0.477 e. The number of aromatic nitrogens is 2. The molecular weight excluding hydrogens is 314 g/mol. The molecule has 0 aliphatic carbocycles. The first kappa shape index (κ1) is 12.1. The highest BCUT2D eigenvalue weighted by atomic mass is 79.9. The molecule has 0 aliphatic rings. The SMILES string of the molecule is O=C(O)c1cc(-c2cc(Br)cc(F)c2Cl)n[nH]1. The van der Waals surface area contributed by atoms with Crippen LogP contribution in [0.3, 0.4) is 0 Å². The van der Waals surface area contributed by atoms with Gasteiger partial charge in [0.15, 0.2) is 0 Å². The van der Waals surface area contributed by atoms with Gasteiger partial charge in [-0.05, 0) is 18.2 Å². The number of benzene rings is 1. The lowest BCUT2D eigenvalue weighted by Gasteiger charge is -2.02. The van der Waals surface area contributed by atoms with Gasteiger partial charge in [0.05, 0.1) is 10.7 Å². The number of aromatic amines is 1. The van der Waals surface area contributed by atoms with Crippen LogP contribution in [0.15, 0.2) is 22.7 Å². The molecule has 0 saturated heterocycles. The van der Waals surface area contributed by atoms with Crippen molar-refractivity contribution in [1.29, 1.82) is 0 Å². The molecule has 88 valence electrons. The van der Waals surface area contributed by atoms with E-state index >= 15 is 0 Å². The monoisotopic (exact) mass is 318 g/mol. The van der Waals surface area contributed by atoms with Gasteiger partial charge in [-0.25, -0.2) is 9.18 Å². The number of carbonyl (C=O) groups is 1. The lowest BCUT2D eigenvalue weighted by Crippen LogP contribution is -1.95. The summed E-state index contributed by atoms with van der Waals surface area (Å²) in [5.74, 6) is -1.74. The number of nitrogens with one attached hydrogen (secondary N) is 1. The second-order valence-electron chi connectivity index (χ2n) is 3.22. The van der Waals surface area contributed by atoms with Crippen LogP contribution in [0.4, 0.5) is 4.39 Å². The Balaban J connectivity index is 2.56. The van der Waals surface area contributed by atoms with E-state index in [1.54, 1.807) is 6.07 Å². The average Bonchev–Trinajstić information content (AvgIpc) is 2.72. The topological polar surface area (TPSA) is 66.0 Å². The van der Waals surface area contributed by atoms with Crippen LogP contribution in [0.2, 0.25) is 5.02 Å².